The van der Waals surface area contributed by atoms with Gasteiger partial charge in [0.2, 0.25) is 0 Å². The van der Waals surface area contributed by atoms with Gasteiger partial charge in [-0.1, -0.05) is 78.1 Å². The molecule has 4 heteroatoms. The van der Waals surface area contributed by atoms with Gasteiger partial charge < -0.3 is 0 Å². The van der Waals surface area contributed by atoms with Crippen LogP contribution in [-0.4, -0.2) is 16.4 Å². The molecule has 0 aliphatic heterocycles. The van der Waals surface area contributed by atoms with Crippen LogP contribution in [0, 0.1) is 0 Å². The second-order valence-electron chi connectivity index (χ2n) is 4.08. The van der Waals surface area contributed by atoms with Gasteiger partial charge in [0.05, 0.1) is 0 Å². The zero-order valence-electron chi connectivity index (χ0n) is 10.8. The molecule has 16 heavy (non-hydrogen) atoms. The quantitative estimate of drug-likeness (QED) is 0.315. The molecule has 0 rings (SSSR count). The average Bonchev–Trinajstić information content (AvgIpc) is 2.21. The van der Waals surface area contributed by atoms with E-state index in [0.717, 1.165) is 0 Å². The van der Waals surface area contributed by atoms with E-state index in [0.29, 0.717) is 0 Å². The summed E-state index contributed by atoms with van der Waals surface area (Å²) in [5.74, 6) is 0. The zero-order valence-corrected chi connectivity index (χ0v) is 16.3. The molecule has 0 amide bonds. The number of rotatable bonds is 9. The predicted molar refractivity (Wildman–Crippen MR) is 82.2 cm³/mol. The molecular formula is C12H27Cl3Sn. The Morgan fingerprint density at radius 1 is 0.562 bits per heavy atom. The van der Waals surface area contributed by atoms with E-state index in [9.17, 15) is 0 Å². The second-order valence-corrected chi connectivity index (χ2v) is 18.8. The molecule has 0 heterocycles. The Morgan fingerprint density at radius 2 is 0.750 bits per heavy atom. The first kappa shape index (κ1) is 20.0. The molecule has 0 N–H and O–H groups in total. The summed E-state index contributed by atoms with van der Waals surface area (Å²) in [5.41, 5.74) is 0. The number of halogens is 3. The molecule has 0 nitrogen and oxygen atoms in total. The van der Waals surface area contributed by atoms with Crippen molar-refractivity contribution in [1.29, 1.82) is 0 Å². The molecule has 0 aromatic rings. The molecule has 0 aromatic carbocycles. The number of hydrogen-bond acceptors (Lipinski definition) is 0. The van der Waals surface area contributed by atoms with Gasteiger partial charge in [0.15, 0.2) is 0 Å². The van der Waals surface area contributed by atoms with Gasteiger partial charge in [-0.3, -0.25) is 0 Å². The van der Waals surface area contributed by atoms with Crippen molar-refractivity contribution < 1.29 is 0 Å². The monoisotopic (exact) mass is 396 g/mol. The van der Waals surface area contributed by atoms with E-state index in [1.165, 1.54) is 64.2 Å². The van der Waals surface area contributed by atoms with Gasteiger partial charge in [-0.2, -0.15) is 0 Å². The Bertz CT molecular complexity index is 97.7. The van der Waals surface area contributed by atoms with E-state index in [2.05, 4.69) is 13.8 Å². The van der Waals surface area contributed by atoms with Crippen LogP contribution in [0.4, 0.5) is 0 Å². The third-order valence-corrected chi connectivity index (χ3v) is 2.46. The summed E-state index contributed by atoms with van der Waals surface area (Å²) in [7, 11) is 15.0. The fourth-order valence-corrected chi connectivity index (χ4v) is 1.56. The van der Waals surface area contributed by atoms with E-state index in [1.54, 1.807) is 0 Å². The van der Waals surface area contributed by atoms with Crippen LogP contribution in [0.2, 0.25) is 0 Å². The Hall–Kier alpha value is 1.67. The van der Waals surface area contributed by atoms with Crippen molar-refractivity contribution in [1.82, 2.24) is 0 Å². The summed E-state index contributed by atoms with van der Waals surface area (Å²) in [6.45, 7) is 4.56. The Balaban J connectivity index is 0. The van der Waals surface area contributed by atoms with E-state index < -0.39 is 16.4 Å². The maximum atomic E-state index is 5.02. The van der Waals surface area contributed by atoms with Gasteiger partial charge in [-0.15, -0.1) is 0 Å². The van der Waals surface area contributed by atoms with Crippen molar-refractivity contribution >= 4 is 43.1 Å². The summed E-state index contributed by atoms with van der Waals surface area (Å²) in [6.07, 6.45) is 14.4. The van der Waals surface area contributed by atoms with Gasteiger partial charge in [0.25, 0.3) is 0 Å². The van der Waals surface area contributed by atoms with E-state index in [4.69, 9.17) is 26.8 Å². The fourth-order valence-electron chi connectivity index (χ4n) is 1.56. The molecule has 0 unspecified atom stereocenters. The minimum atomic E-state index is -2.22. The molecule has 0 saturated heterocycles. The summed E-state index contributed by atoms with van der Waals surface area (Å²) < 4.78 is 0. The van der Waals surface area contributed by atoms with Crippen molar-refractivity contribution in [3.63, 3.8) is 0 Å². The first-order valence-corrected chi connectivity index (χ1v) is 19.1. The van der Waals surface area contributed by atoms with Crippen molar-refractivity contribution in [3.8, 4) is 0 Å². The number of unbranched alkanes of at least 4 members (excludes halogenated alkanes) is 9. The molecule has 0 bridgehead atoms. The molecule has 0 aliphatic rings. The Labute approximate surface area is 120 Å². The van der Waals surface area contributed by atoms with E-state index in [1.807, 2.05) is 0 Å². The summed E-state index contributed by atoms with van der Waals surface area (Å²) in [5, 5.41) is 0. The SMILES string of the molecule is CCCCCCCCCCCC.[Cl][SnH]([Cl])[Cl]. The van der Waals surface area contributed by atoms with E-state index >= 15 is 0 Å². The molecule has 100 valence electrons. The summed E-state index contributed by atoms with van der Waals surface area (Å²) in [4.78, 5) is 0. The van der Waals surface area contributed by atoms with Crippen molar-refractivity contribution in [2.24, 2.45) is 0 Å². The van der Waals surface area contributed by atoms with Crippen LogP contribution in [-0.2, 0) is 0 Å². The predicted octanol–water partition coefficient (Wildman–Crippen LogP) is 6.35. The van der Waals surface area contributed by atoms with Crippen LogP contribution in [0.1, 0.15) is 78.1 Å². The van der Waals surface area contributed by atoms with Crippen molar-refractivity contribution in [2.45, 2.75) is 78.1 Å². The number of hydrogen-bond donors (Lipinski definition) is 0. The molecule has 0 fully saturated rings. The first-order chi connectivity index (χ1) is 7.65. The van der Waals surface area contributed by atoms with Gasteiger partial charge in [0.1, 0.15) is 0 Å². The minimum absolute atomic E-state index is 1.37. The van der Waals surface area contributed by atoms with Gasteiger partial charge in [0, 0.05) is 0 Å². The second kappa shape index (κ2) is 19.0. The molecule has 0 radical (unpaired) electrons. The molecular weight excluding hydrogens is 369 g/mol. The molecule has 0 spiro atoms. The van der Waals surface area contributed by atoms with Crippen molar-refractivity contribution in [3.05, 3.63) is 0 Å². The van der Waals surface area contributed by atoms with Crippen LogP contribution in [0.25, 0.3) is 0 Å². The van der Waals surface area contributed by atoms with Crippen LogP contribution in [0.3, 0.4) is 0 Å². The maximum absolute atomic E-state index is 5.02. The first-order valence-electron chi connectivity index (χ1n) is 6.57. The molecule has 0 aliphatic carbocycles. The fraction of sp³-hybridized carbons (Fsp3) is 1.00. The molecule has 0 saturated carbocycles. The third kappa shape index (κ3) is 29.6. The van der Waals surface area contributed by atoms with Gasteiger partial charge in [-0.05, 0) is 0 Å². The summed E-state index contributed by atoms with van der Waals surface area (Å²) >= 11 is -2.22. The normalized spacial score (nSPS) is 10.1. The third-order valence-electron chi connectivity index (χ3n) is 2.46. The van der Waals surface area contributed by atoms with Crippen LogP contribution >= 0.6 is 26.8 Å². The van der Waals surface area contributed by atoms with Crippen LogP contribution in [0.5, 0.6) is 0 Å². The van der Waals surface area contributed by atoms with Crippen LogP contribution in [0.15, 0.2) is 0 Å². The van der Waals surface area contributed by atoms with Crippen molar-refractivity contribution in [2.75, 3.05) is 0 Å². The van der Waals surface area contributed by atoms with Gasteiger partial charge >= 0.3 is 43.1 Å². The Morgan fingerprint density at radius 3 is 0.938 bits per heavy atom. The molecule has 0 atom stereocenters. The Kier molecular flexibility index (Phi) is 23.8. The van der Waals surface area contributed by atoms with Crippen LogP contribution < -0.4 is 0 Å². The molecule has 0 aromatic heterocycles. The zero-order chi connectivity index (χ0) is 12.6. The van der Waals surface area contributed by atoms with Gasteiger partial charge in [-0.25, -0.2) is 0 Å². The topological polar surface area (TPSA) is 0 Å². The van der Waals surface area contributed by atoms with E-state index in [-0.39, 0.29) is 0 Å². The standard InChI is InChI=1S/C12H26.3ClH.Sn.H/c1-3-5-7-9-11-12-10-8-6-4-2;;;;;/h3-12H2,1-2H3;3*1H;;/q;;;;+3;/p-3. The average molecular weight is 396 g/mol. The summed E-state index contributed by atoms with van der Waals surface area (Å²) in [6, 6.07) is 0.